The van der Waals surface area contributed by atoms with Gasteiger partial charge in [-0.05, 0) is 75.7 Å². The summed E-state index contributed by atoms with van der Waals surface area (Å²) in [5.74, 6) is 0.887. The number of aryl methyl sites for hydroxylation is 2. The van der Waals surface area contributed by atoms with Gasteiger partial charge in [-0.2, -0.15) is 0 Å². The van der Waals surface area contributed by atoms with Crippen LogP contribution in [0.1, 0.15) is 25.5 Å². The number of hydrogen-bond donors (Lipinski definition) is 2. The van der Waals surface area contributed by atoms with Gasteiger partial charge in [-0.3, -0.25) is 0 Å². The lowest BCUT2D eigenvalue weighted by molar-refractivity contribution is 0.122. The Morgan fingerprint density at radius 1 is 1.03 bits per heavy atom. The van der Waals surface area contributed by atoms with Crippen molar-refractivity contribution < 1.29 is 6.16 Å². The maximum atomic E-state index is 5.46. The molecule has 8 heteroatoms. The van der Waals surface area contributed by atoms with E-state index in [1.807, 2.05) is 14.1 Å². The normalized spacial score (nSPS) is 15.9. The monoisotopic (exact) mass is 466 g/mol. The fraction of sp³-hybridized carbons (Fsp3) is 0.440. The third kappa shape index (κ3) is 4.43. The highest BCUT2D eigenvalue weighted by Crippen LogP contribution is 2.34. The van der Waals surface area contributed by atoms with Crippen LogP contribution in [0.4, 0.5) is 16.6 Å². The Balaban J connectivity index is 0.000000652. The first kappa shape index (κ1) is 22.1. The Labute approximate surface area is 200 Å². The molecule has 4 heterocycles. The lowest BCUT2D eigenvalue weighted by atomic mass is 9.96. The average molecular weight is 467 g/mol. The predicted octanol–water partition coefficient (Wildman–Crippen LogP) is 4.72. The Hall–Kier alpha value is -2.68. The molecule has 0 spiro atoms. The van der Waals surface area contributed by atoms with Crippen molar-refractivity contribution in [2.24, 2.45) is 7.05 Å². The van der Waals surface area contributed by atoms with Crippen LogP contribution in [0.25, 0.3) is 21.3 Å². The molecule has 1 fully saturated rings. The quantitative estimate of drug-likeness (QED) is 0.455. The average Bonchev–Trinajstić information content (AvgIpc) is 3.39. The zero-order valence-corrected chi connectivity index (χ0v) is 20.5. The molecular weight excluding hydrogens is 432 g/mol. The van der Waals surface area contributed by atoms with Crippen LogP contribution < -0.4 is 15.5 Å². The van der Waals surface area contributed by atoms with Gasteiger partial charge in [0.05, 0.1) is 23.4 Å². The number of rotatable bonds is 3. The van der Waals surface area contributed by atoms with Gasteiger partial charge < -0.3 is 24.8 Å². The van der Waals surface area contributed by atoms with Crippen LogP contribution in [0.15, 0.2) is 30.3 Å². The molecule has 2 N–H and O–H groups in total. The standard InChI is InChI=1S/C23H25N5OS.C2H7N.H2/c1-27-19-5-3-2-4-16(19)17-7-9-21(26-22(17)27)24-15-6-8-18-20(14-15)30-23(25-18)28-10-12-29-13-11-28;1-3-2;/h6-9,14H,2-5,10-13H2,1H3,(H,24,26);3H,1-2H3;1H. The van der Waals surface area contributed by atoms with Crippen molar-refractivity contribution in [3.05, 3.63) is 41.6 Å². The second-order valence-corrected chi connectivity index (χ2v) is 9.67. The van der Waals surface area contributed by atoms with E-state index in [0.717, 1.165) is 54.1 Å². The van der Waals surface area contributed by atoms with Crippen LogP contribution in [-0.4, -0.2) is 54.9 Å². The largest absolute Gasteiger partial charge is 0.378 e. The zero-order valence-electron chi connectivity index (χ0n) is 19.6. The summed E-state index contributed by atoms with van der Waals surface area (Å²) < 4.78 is 8.94. The first-order chi connectivity index (χ1) is 16.2. The highest BCUT2D eigenvalue weighted by Gasteiger charge is 2.19. The molecule has 1 aromatic carbocycles. The van der Waals surface area contributed by atoms with Gasteiger partial charge in [0, 0.05) is 38.3 Å². The molecule has 0 amide bonds. The Morgan fingerprint density at radius 2 is 1.82 bits per heavy atom. The number of thiazole rings is 1. The maximum absolute atomic E-state index is 5.46. The summed E-state index contributed by atoms with van der Waals surface area (Å²) in [7, 11) is 5.90. The number of pyridine rings is 1. The zero-order chi connectivity index (χ0) is 22.8. The molecule has 1 aliphatic heterocycles. The third-order valence-electron chi connectivity index (χ3n) is 6.29. The number of hydrogen-bond acceptors (Lipinski definition) is 7. The number of aromatic nitrogens is 3. The van der Waals surface area contributed by atoms with Gasteiger partial charge in [-0.1, -0.05) is 11.3 Å². The topological polar surface area (TPSA) is 67.2 Å². The van der Waals surface area contributed by atoms with Crippen LogP contribution in [0.5, 0.6) is 0 Å². The Kier molecular flexibility index (Phi) is 6.48. The van der Waals surface area contributed by atoms with Crippen molar-refractivity contribution in [3.63, 3.8) is 0 Å². The summed E-state index contributed by atoms with van der Waals surface area (Å²) in [5, 5.41) is 8.65. The maximum Gasteiger partial charge on any atom is 0.186 e. The highest BCUT2D eigenvalue weighted by molar-refractivity contribution is 7.22. The van der Waals surface area contributed by atoms with Gasteiger partial charge in [-0.15, -0.1) is 0 Å². The van der Waals surface area contributed by atoms with E-state index in [-0.39, 0.29) is 1.43 Å². The molecule has 176 valence electrons. The molecule has 0 saturated carbocycles. The van der Waals surface area contributed by atoms with E-state index in [4.69, 9.17) is 14.7 Å². The van der Waals surface area contributed by atoms with E-state index in [1.165, 1.54) is 47.0 Å². The second-order valence-electron chi connectivity index (χ2n) is 8.66. The van der Waals surface area contributed by atoms with Crippen LogP contribution >= 0.6 is 11.3 Å². The molecule has 6 rings (SSSR count). The molecular formula is C25H34N6OS. The van der Waals surface area contributed by atoms with Crippen LogP contribution in [0.3, 0.4) is 0 Å². The second kappa shape index (κ2) is 9.67. The first-order valence-corrected chi connectivity index (χ1v) is 12.6. The van der Waals surface area contributed by atoms with Gasteiger partial charge in [0.15, 0.2) is 5.13 Å². The third-order valence-corrected chi connectivity index (χ3v) is 7.37. The van der Waals surface area contributed by atoms with Crippen molar-refractivity contribution in [1.29, 1.82) is 0 Å². The van der Waals surface area contributed by atoms with Crippen molar-refractivity contribution in [1.82, 2.24) is 19.9 Å². The van der Waals surface area contributed by atoms with E-state index in [1.54, 1.807) is 11.3 Å². The molecule has 0 bridgehead atoms. The van der Waals surface area contributed by atoms with Gasteiger partial charge in [0.2, 0.25) is 0 Å². The summed E-state index contributed by atoms with van der Waals surface area (Å²) in [6.07, 6.45) is 4.91. The fourth-order valence-electron chi connectivity index (χ4n) is 4.71. The molecule has 1 aliphatic carbocycles. The van der Waals surface area contributed by atoms with E-state index < -0.39 is 0 Å². The van der Waals surface area contributed by atoms with Crippen LogP contribution in [0.2, 0.25) is 0 Å². The minimum absolute atomic E-state index is 0. The molecule has 0 atom stereocenters. The van der Waals surface area contributed by atoms with Crippen LogP contribution in [0, 0.1) is 0 Å². The Bertz CT molecular complexity index is 1260. The number of benzene rings is 1. The predicted molar refractivity (Wildman–Crippen MR) is 140 cm³/mol. The molecule has 33 heavy (non-hydrogen) atoms. The van der Waals surface area contributed by atoms with Crippen molar-refractivity contribution in [2.75, 3.05) is 50.6 Å². The van der Waals surface area contributed by atoms with Gasteiger partial charge in [0.1, 0.15) is 11.5 Å². The molecule has 3 aromatic heterocycles. The SMILES string of the molecule is CNC.Cn1c2c(c3ccc(Nc4ccc5nc(N6CCOCC6)sc5c4)nc31)CCCC2.[HH]. The minimum atomic E-state index is 0. The smallest absolute Gasteiger partial charge is 0.186 e. The number of anilines is 3. The number of morpholine rings is 1. The Morgan fingerprint density at radius 3 is 2.64 bits per heavy atom. The summed E-state index contributed by atoms with van der Waals surface area (Å²) in [6.45, 7) is 3.38. The first-order valence-electron chi connectivity index (χ1n) is 11.7. The minimum Gasteiger partial charge on any atom is -0.378 e. The number of nitrogens with one attached hydrogen (secondary N) is 2. The molecule has 0 unspecified atom stereocenters. The fourth-order valence-corrected chi connectivity index (χ4v) is 5.77. The van der Waals surface area contributed by atoms with Gasteiger partial charge >= 0.3 is 0 Å². The molecule has 7 nitrogen and oxygen atoms in total. The molecule has 4 aromatic rings. The number of ether oxygens (including phenoxy) is 1. The van der Waals surface area contributed by atoms with E-state index in [9.17, 15) is 0 Å². The van der Waals surface area contributed by atoms with Gasteiger partial charge in [-0.25, -0.2) is 9.97 Å². The summed E-state index contributed by atoms with van der Waals surface area (Å²) >= 11 is 1.75. The van der Waals surface area contributed by atoms with Crippen LogP contribution in [-0.2, 0) is 24.6 Å². The van der Waals surface area contributed by atoms with E-state index >= 15 is 0 Å². The van der Waals surface area contributed by atoms with Crippen molar-refractivity contribution in [3.8, 4) is 0 Å². The summed E-state index contributed by atoms with van der Waals surface area (Å²) in [5.41, 5.74) is 6.14. The van der Waals surface area contributed by atoms with E-state index in [0.29, 0.717) is 0 Å². The van der Waals surface area contributed by atoms with Gasteiger partial charge in [0.25, 0.3) is 0 Å². The van der Waals surface area contributed by atoms with Crippen molar-refractivity contribution in [2.45, 2.75) is 25.7 Å². The lowest BCUT2D eigenvalue weighted by Crippen LogP contribution is -2.36. The summed E-state index contributed by atoms with van der Waals surface area (Å²) in [6, 6.07) is 10.7. The molecule has 0 radical (unpaired) electrons. The number of fused-ring (bicyclic) bond motifs is 4. The lowest BCUT2D eigenvalue weighted by Gasteiger charge is -2.25. The van der Waals surface area contributed by atoms with Crippen molar-refractivity contribution >= 4 is 49.2 Å². The highest BCUT2D eigenvalue weighted by atomic mass is 32.1. The molecule has 2 aliphatic rings. The van der Waals surface area contributed by atoms with E-state index in [2.05, 4.69) is 57.5 Å². The molecule has 1 saturated heterocycles. The summed E-state index contributed by atoms with van der Waals surface area (Å²) in [4.78, 5) is 12.1. The number of nitrogens with zero attached hydrogens (tertiary/aromatic N) is 4.